The molecule has 1 unspecified atom stereocenters. The van der Waals surface area contributed by atoms with E-state index in [0.29, 0.717) is 0 Å². The fourth-order valence-corrected chi connectivity index (χ4v) is 2.21. The number of hydrogen-bond donors (Lipinski definition) is 1. The van der Waals surface area contributed by atoms with Crippen molar-refractivity contribution in [3.05, 3.63) is 42.4 Å². The molecule has 0 saturated carbocycles. The Morgan fingerprint density at radius 1 is 1.32 bits per heavy atom. The Hall–Kier alpha value is -2.37. The largest absolute Gasteiger partial charge is 0.348 e. The number of aryl methyl sites for hydroxylation is 2. The normalized spacial score (nSPS) is 12.8. The Labute approximate surface area is 111 Å². The zero-order chi connectivity index (χ0) is 13.4. The van der Waals surface area contributed by atoms with Crippen LogP contribution in [0.3, 0.4) is 0 Å². The zero-order valence-corrected chi connectivity index (χ0v) is 11.2. The molecule has 0 radical (unpaired) electrons. The first-order valence-corrected chi connectivity index (χ1v) is 6.18. The van der Waals surface area contributed by atoms with Gasteiger partial charge in [-0.05, 0) is 13.8 Å². The monoisotopic (exact) mass is 256 g/mol. The summed E-state index contributed by atoms with van der Waals surface area (Å²) in [6.45, 7) is 4.13. The molecule has 0 aliphatic heterocycles. The first-order chi connectivity index (χ1) is 9.16. The minimum absolute atomic E-state index is 0.169. The van der Waals surface area contributed by atoms with Crippen molar-refractivity contribution in [2.24, 2.45) is 7.05 Å². The molecule has 98 valence electrons. The van der Waals surface area contributed by atoms with E-state index in [0.717, 1.165) is 22.8 Å². The average Bonchev–Trinajstić information content (AvgIpc) is 3.07. The van der Waals surface area contributed by atoms with E-state index in [9.17, 15) is 0 Å². The molecule has 0 spiro atoms. The standard InChI is InChI=1S/C13H16N6/c1-9-12(16-8-15-9)13-14-4-5-19(13)10(2)11-6-17-18(3)7-11/h4-8,10H,1-3H3,(H,15,16). The molecule has 3 rings (SSSR count). The lowest BCUT2D eigenvalue weighted by atomic mass is 10.2. The van der Waals surface area contributed by atoms with Crippen LogP contribution in [0.1, 0.15) is 24.2 Å². The molecule has 0 fully saturated rings. The topological polar surface area (TPSA) is 64.3 Å². The number of aromatic amines is 1. The Morgan fingerprint density at radius 2 is 2.16 bits per heavy atom. The van der Waals surface area contributed by atoms with Crippen LogP contribution in [0.15, 0.2) is 31.1 Å². The van der Waals surface area contributed by atoms with Gasteiger partial charge in [-0.2, -0.15) is 5.10 Å². The number of aromatic nitrogens is 6. The van der Waals surface area contributed by atoms with Crippen molar-refractivity contribution in [2.45, 2.75) is 19.9 Å². The van der Waals surface area contributed by atoms with Crippen molar-refractivity contribution >= 4 is 0 Å². The summed E-state index contributed by atoms with van der Waals surface area (Å²) in [6, 6.07) is 0.169. The third-order valence-electron chi connectivity index (χ3n) is 3.33. The number of nitrogens with zero attached hydrogens (tertiary/aromatic N) is 5. The van der Waals surface area contributed by atoms with E-state index in [1.807, 2.05) is 37.2 Å². The second-order valence-corrected chi connectivity index (χ2v) is 4.66. The highest BCUT2D eigenvalue weighted by Crippen LogP contribution is 2.25. The summed E-state index contributed by atoms with van der Waals surface area (Å²) in [6.07, 6.45) is 9.37. The van der Waals surface area contributed by atoms with Gasteiger partial charge in [0.05, 0.1) is 18.6 Å². The lowest BCUT2D eigenvalue weighted by Crippen LogP contribution is -2.07. The van der Waals surface area contributed by atoms with E-state index in [1.54, 1.807) is 12.5 Å². The Morgan fingerprint density at radius 3 is 2.79 bits per heavy atom. The van der Waals surface area contributed by atoms with Crippen molar-refractivity contribution < 1.29 is 0 Å². The van der Waals surface area contributed by atoms with Crippen LogP contribution in [0.4, 0.5) is 0 Å². The van der Waals surface area contributed by atoms with Gasteiger partial charge in [0.15, 0.2) is 5.82 Å². The van der Waals surface area contributed by atoms with E-state index in [-0.39, 0.29) is 6.04 Å². The molecule has 6 nitrogen and oxygen atoms in total. The van der Waals surface area contributed by atoms with Gasteiger partial charge in [0.2, 0.25) is 0 Å². The van der Waals surface area contributed by atoms with Crippen LogP contribution in [0, 0.1) is 6.92 Å². The van der Waals surface area contributed by atoms with Crippen molar-refractivity contribution in [1.82, 2.24) is 29.3 Å². The Balaban J connectivity index is 2.03. The lowest BCUT2D eigenvalue weighted by molar-refractivity contribution is 0.643. The Bertz CT molecular complexity index is 689. The van der Waals surface area contributed by atoms with E-state index in [4.69, 9.17) is 0 Å². The second-order valence-electron chi connectivity index (χ2n) is 4.66. The summed E-state index contributed by atoms with van der Waals surface area (Å²) in [5, 5.41) is 4.22. The summed E-state index contributed by atoms with van der Waals surface area (Å²) in [5.41, 5.74) is 3.06. The molecule has 0 aliphatic rings. The molecular weight excluding hydrogens is 240 g/mol. The van der Waals surface area contributed by atoms with Gasteiger partial charge in [-0.25, -0.2) is 9.97 Å². The lowest BCUT2D eigenvalue weighted by Gasteiger charge is -2.14. The number of H-pyrrole nitrogens is 1. The van der Waals surface area contributed by atoms with Crippen LogP contribution in [-0.2, 0) is 7.05 Å². The van der Waals surface area contributed by atoms with E-state index < -0.39 is 0 Å². The summed E-state index contributed by atoms with van der Waals surface area (Å²) in [5.74, 6) is 0.870. The number of hydrogen-bond acceptors (Lipinski definition) is 3. The predicted octanol–water partition coefficient (Wildman–Crippen LogP) is 1.92. The number of imidazole rings is 2. The van der Waals surface area contributed by atoms with Crippen LogP contribution in [0.5, 0.6) is 0 Å². The molecule has 19 heavy (non-hydrogen) atoms. The number of nitrogens with one attached hydrogen (secondary N) is 1. The van der Waals surface area contributed by atoms with Crippen LogP contribution < -0.4 is 0 Å². The first kappa shape index (κ1) is 11.7. The molecule has 1 atom stereocenters. The van der Waals surface area contributed by atoms with Crippen molar-refractivity contribution in [2.75, 3.05) is 0 Å². The van der Waals surface area contributed by atoms with Gasteiger partial charge in [0.25, 0.3) is 0 Å². The molecular formula is C13H16N6. The minimum Gasteiger partial charge on any atom is -0.348 e. The molecule has 3 aromatic rings. The van der Waals surface area contributed by atoms with Crippen LogP contribution in [0.25, 0.3) is 11.5 Å². The molecule has 0 saturated heterocycles. The fourth-order valence-electron chi connectivity index (χ4n) is 2.21. The van der Waals surface area contributed by atoms with Gasteiger partial charge < -0.3 is 9.55 Å². The molecule has 0 aliphatic carbocycles. The summed E-state index contributed by atoms with van der Waals surface area (Å²) < 4.78 is 3.92. The van der Waals surface area contributed by atoms with Crippen molar-refractivity contribution in [1.29, 1.82) is 0 Å². The summed E-state index contributed by atoms with van der Waals surface area (Å²) in [7, 11) is 1.92. The highest BCUT2D eigenvalue weighted by Gasteiger charge is 2.17. The molecule has 0 aromatic carbocycles. The van der Waals surface area contributed by atoms with Crippen molar-refractivity contribution in [3.63, 3.8) is 0 Å². The molecule has 3 heterocycles. The fraction of sp³-hybridized carbons (Fsp3) is 0.308. The second kappa shape index (κ2) is 4.38. The molecule has 3 aromatic heterocycles. The summed E-state index contributed by atoms with van der Waals surface area (Å²) >= 11 is 0. The van der Waals surface area contributed by atoms with Gasteiger partial charge in [0.1, 0.15) is 5.69 Å². The maximum atomic E-state index is 4.43. The van der Waals surface area contributed by atoms with Crippen LogP contribution in [0.2, 0.25) is 0 Å². The van der Waals surface area contributed by atoms with Gasteiger partial charge in [-0.1, -0.05) is 0 Å². The highest BCUT2D eigenvalue weighted by atomic mass is 15.2. The van der Waals surface area contributed by atoms with Gasteiger partial charge in [-0.3, -0.25) is 4.68 Å². The third kappa shape index (κ3) is 1.95. The van der Waals surface area contributed by atoms with Gasteiger partial charge in [0, 0.05) is 36.9 Å². The van der Waals surface area contributed by atoms with E-state index in [1.165, 1.54) is 0 Å². The van der Waals surface area contributed by atoms with Crippen LogP contribution >= 0.6 is 0 Å². The quantitative estimate of drug-likeness (QED) is 0.778. The van der Waals surface area contributed by atoms with Crippen molar-refractivity contribution in [3.8, 4) is 11.5 Å². The minimum atomic E-state index is 0.169. The zero-order valence-electron chi connectivity index (χ0n) is 11.2. The van der Waals surface area contributed by atoms with Gasteiger partial charge >= 0.3 is 0 Å². The van der Waals surface area contributed by atoms with Crippen LogP contribution in [-0.4, -0.2) is 29.3 Å². The smallest absolute Gasteiger partial charge is 0.161 e. The maximum Gasteiger partial charge on any atom is 0.161 e. The number of rotatable bonds is 3. The average molecular weight is 256 g/mol. The summed E-state index contributed by atoms with van der Waals surface area (Å²) in [4.78, 5) is 11.9. The van der Waals surface area contributed by atoms with E-state index >= 15 is 0 Å². The maximum absolute atomic E-state index is 4.43. The van der Waals surface area contributed by atoms with E-state index in [2.05, 4.69) is 31.5 Å². The molecule has 0 amide bonds. The van der Waals surface area contributed by atoms with Gasteiger partial charge in [-0.15, -0.1) is 0 Å². The SMILES string of the molecule is Cc1[nH]cnc1-c1nccn1C(C)c1cnn(C)c1. The predicted molar refractivity (Wildman–Crippen MR) is 71.6 cm³/mol. The molecule has 6 heteroatoms. The third-order valence-corrected chi connectivity index (χ3v) is 3.33. The molecule has 1 N–H and O–H groups in total. The molecule has 0 bridgehead atoms. The highest BCUT2D eigenvalue weighted by molar-refractivity contribution is 5.53. The first-order valence-electron chi connectivity index (χ1n) is 6.18. The Kier molecular flexibility index (Phi) is 2.70.